The number of carbonyl (C=O) groups excluding carboxylic acids is 1. The average Bonchev–Trinajstić information content (AvgIpc) is 3.12. The van der Waals surface area contributed by atoms with Crippen molar-refractivity contribution in [1.82, 2.24) is 9.88 Å². The fourth-order valence-electron chi connectivity index (χ4n) is 2.32. The van der Waals surface area contributed by atoms with Gasteiger partial charge in [-0.3, -0.25) is 9.69 Å². The van der Waals surface area contributed by atoms with Gasteiger partial charge in [-0.2, -0.15) is 0 Å². The molecule has 8 heteroatoms. The van der Waals surface area contributed by atoms with Crippen molar-refractivity contribution < 1.29 is 4.79 Å². The number of fused-ring (bicyclic) bond motifs is 1. The molecule has 1 amide bonds. The number of hydrogen-bond donors (Lipinski definition) is 0. The van der Waals surface area contributed by atoms with Crippen LogP contribution in [0.25, 0.3) is 10.2 Å². The van der Waals surface area contributed by atoms with E-state index in [-0.39, 0.29) is 5.91 Å². The minimum absolute atomic E-state index is 0.0403. The van der Waals surface area contributed by atoms with Crippen molar-refractivity contribution >= 4 is 71.5 Å². The van der Waals surface area contributed by atoms with Gasteiger partial charge in [0, 0.05) is 22.4 Å². The van der Waals surface area contributed by atoms with E-state index < -0.39 is 0 Å². The summed E-state index contributed by atoms with van der Waals surface area (Å²) < 4.78 is 2.77. The van der Waals surface area contributed by atoms with Crippen LogP contribution >= 0.6 is 50.2 Å². The highest BCUT2D eigenvalue weighted by atomic mass is 79.9. The van der Waals surface area contributed by atoms with Crippen LogP contribution in [0, 0.1) is 0 Å². The fourth-order valence-corrected chi connectivity index (χ4v) is 4.96. The van der Waals surface area contributed by atoms with E-state index in [9.17, 15) is 4.79 Å². The second-order valence-corrected chi connectivity index (χ2v) is 9.56. The van der Waals surface area contributed by atoms with Gasteiger partial charge in [-0.1, -0.05) is 38.9 Å². The van der Waals surface area contributed by atoms with Gasteiger partial charge in [0.1, 0.15) is 0 Å². The van der Waals surface area contributed by atoms with Gasteiger partial charge < -0.3 is 4.90 Å². The van der Waals surface area contributed by atoms with Crippen LogP contribution in [0.3, 0.4) is 0 Å². The minimum atomic E-state index is 0.0403. The van der Waals surface area contributed by atoms with Crippen molar-refractivity contribution in [3.63, 3.8) is 0 Å². The highest BCUT2D eigenvalue weighted by Crippen LogP contribution is 2.31. The Morgan fingerprint density at radius 3 is 2.68 bits per heavy atom. The third-order valence-electron chi connectivity index (χ3n) is 3.60. The van der Waals surface area contributed by atoms with Gasteiger partial charge in [0.25, 0.3) is 0 Å². The van der Waals surface area contributed by atoms with E-state index >= 15 is 0 Å². The van der Waals surface area contributed by atoms with E-state index in [1.807, 2.05) is 44.4 Å². The molecule has 0 saturated heterocycles. The number of benzene rings is 1. The lowest BCUT2D eigenvalue weighted by Gasteiger charge is -2.21. The smallest absolute Gasteiger partial charge is 0.234 e. The number of thiophene rings is 1. The molecule has 0 aliphatic carbocycles. The van der Waals surface area contributed by atoms with Crippen LogP contribution in [-0.4, -0.2) is 43.0 Å². The molecule has 0 spiro atoms. The number of halogens is 2. The number of aromatic nitrogens is 1. The van der Waals surface area contributed by atoms with E-state index in [1.54, 1.807) is 4.90 Å². The van der Waals surface area contributed by atoms with Crippen molar-refractivity contribution in [3.8, 4) is 0 Å². The lowest BCUT2D eigenvalue weighted by molar-refractivity contribution is -0.118. The number of likely N-dealkylation sites (N-methyl/N-ethyl adjacent to an activating group) is 1. The predicted octanol–water partition coefficient (Wildman–Crippen LogP) is 4.91. The van der Waals surface area contributed by atoms with Crippen LogP contribution in [-0.2, 0) is 11.2 Å². The third-order valence-corrected chi connectivity index (χ3v) is 6.36. The molecule has 1 aromatic carbocycles. The molecule has 0 unspecified atom stereocenters. The molecule has 0 N–H and O–H groups in total. The summed E-state index contributed by atoms with van der Waals surface area (Å²) in [6.07, 6.45) is 0.338. The summed E-state index contributed by atoms with van der Waals surface area (Å²) >= 11 is 12.5. The number of anilines is 1. The maximum Gasteiger partial charge on any atom is 0.234 e. The van der Waals surface area contributed by atoms with Crippen LogP contribution in [0.2, 0.25) is 4.34 Å². The second kappa shape index (κ2) is 8.14. The normalized spacial score (nSPS) is 11.4. The van der Waals surface area contributed by atoms with Crippen LogP contribution < -0.4 is 4.90 Å². The van der Waals surface area contributed by atoms with Gasteiger partial charge in [-0.05, 0) is 44.4 Å². The van der Waals surface area contributed by atoms with Crippen LogP contribution in [0.15, 0.2) is 34.8 Å². The Hall–Kier alpha value is -0.990. The minimum Gasteiger partial charge on any atom is -0.308 e. The van der Waals surface area contributed by atoms with Crippen molar-refractivity contribution in [2.45, 2.75) is 6.42 Å². The zero-order valence-corrected chi connectivity index (χ0v) is 17.8. The molecule has 2 heterocycles. The van der Waals surface area contributed by atoms with Crippen molar-refractivity contribution in [3.05, 3.63) is 44.0 Å². The molecule has 0 atom stereocenters. The van der Waals surface area contributed by atoms with Crippen molar-refractivity contribution in [1.29, 1.82) is 0 Å². The molecule has 132 valence electrons. The summed E-state index contributed by atoms with van der Waals surface area (Å²) in [5.41, 5.74) is 0.907. The van der Waals surface area contributed by atoms with E-state index in [0.29, 0.717) is 17.3 Å². The van der Waals surface area contributed by atoms with E-state index in [1.165, 1.54) is 22.7 Å². The Bertz CT molecular complexity index is 893. The van der Waals surface area contributed by atoms with Crippen LogP contribution in [0.5, 0.6) is 0 Å². The highest BCUT2D eigenvalue weighted by molar-refractivity contribution is 9.10. The monoisotopic (exact) mass is 457 g/mol. The van der Waals surface area contributed by atoms with Gasteiger partial charge in [-0.15, -0.1) is 11.3 Å². The number of amides is 1. The summed E-state index contributed by atoms with van der Waals surface area (Å²) in [5, 5.41) is 0.739. The summed E-state index contributed by atoms with van der Waals surface area (Å²) in [5.74, 6) is 0.0403. The number of rotatable bonds is 6. The summed E-state index contributed by atoms with van der Waals surface area (Å²) in [4.78, 5) is 22.4. The molecule has 0 saturated carbocycles. The number of hydrogen-bond acceptors (Lipinski definition) is 5. The maximum atomic E-state index is 12.9. The largest absolute Gasteiger partial charge is 0.308 e. The molecular formula is C17H17BrClN3OS2. The molecular weight excluding hydrogens is 442 g/mol. The molecule has 25 heavy (non-hydrogen) atoms. The summed E-state index contributed by atoms with van der Waals surface area (Å²) in [6.45, 7) is 1.38. The first-order valence-electron chi connectivity index (χ1n) is 7.68. The lowest BCUT2D eigenvalue weighted by Crippen LogP contribution is -2.37. The molecule has 3 aromatic rings. The van der Waals surface area contributed by atoms with Gasteiger partial charge in [0.15, 0.2) is 5.13 Å². The fraction of sp³-hybridized carbons (Fsp3) is 0.294. The molecule has 4 nitrogen and oxygen atoms in total. The van der Waals surface area contributed by atoms with Gasteiger partial charge in [0.05, 0.1) is 21.0 Å². The van der Waals surface area contributed by atoms with Gasteiger partial charge in [0.2, 0.25) is 5.91 Å². The first-order valence-corrected chi connectivity index (χ1v) is 10.5. The summed E-state index contributed by atoms with van der Waals surface area (Å²) in [7, 11) is 3.99. The highest BCUT2D eigenvalue weighted by Gasteiger charge is 2.21. The molecule has 0 aliphatic rings. The van der Waals surface area contributed by atoms with Crippen molar-refractivity contribution in [2.75, 3.05) is 32.1 Å². The number of nitrogens with zero attached hydrogens (tertiary/aromatic N) is 3. The first kappa shape index (κ1) is 18.8. The quantitative estimate of drug-likeness (QED) is 0.526. The van der Waals surface area contributed by atoms with Crippen molar-refractivity contribution in [2.24, 2.45) is 0 Å². The van der Waals surface area contributed by atoms with E-state index in [0.717, 1.165) is 31.2 Å². The molecule has 0 aliphatic heterocycles. The first-order chi connectivity index (χ1) is 11.9. The lowest BCUT2D eigenvalue weighted by atomic mass is 10.3. The Kier molecular flexibility index (Phi) is 6.12. The molecule has 2 aromatic heterocycles. The number of carbonyl (C=O) groups is 1. The second-order valence-electron chi connectivity index (χ2n) is 5.84. The Morgan fingerprint density at radius 1 is 1.20 bits per heavy atom. The zero-order valence-electron chi connectivity index (χ0n) is 13.8. The molecule has 0 fully saturated rings. The van der Waals surface area contributed by atoms with E-state index in [4.69, 9.17) is 11.6 Å². The molecule has 0 bridgehead atoms. The van der Waals surface area contributed by atoms with Crippen LogP contribution in [0.4, 0.5) is 5.13 Å². The van der Waals surface area contributed by atoms with Crippen LogP contribution in [0.1, 0.15) is 4.88 Å². The maximum absolute atomic E-state index is 12.9. The standard InChI is InChI=1S/C17H17BrClN3OS2/c1-21(2)7-8-22(16(23)10-12-4-6-15(19)24-12)17-20-13-5-3-11(18)9-14(13)25-17/h3-6,9H,7-8,10H2,1-2H3. The summed E-state index contributed by atoms with van der Waals surface area (Å²) in [6, 6.07) is 9.70. The molecule has 3 rings (SSSR count). The SMILES string of the molecule is CN(C)CCN(C(=O)Cc1ccc(Cl)s1)c1nc2ccc(Br)cc2s1. The number of thiazole rings is 1. The van der Waals surface area contributed by atoms with Gasteiger partial charge >= 0.3 is 0 Å². The third kappa shape index (κ3) is 4.80. The Labute approximate surface area is 168 Å². The van der Waals surface area contributed by atoms with Gasteiger partial charge in [-0.25, -0.2) is 4.98 Å². The predicted molar refractivity (Wildman–Crippen MR) is 111 cm³/mol. The molecule has 0 radical (unpaired) electrons. The topological polar surface area (TPSA) is 36.4 Å². The van der Waals surface area contributed by atoms with E-state index in [2.05, 4.69) is 25.8 Å². The Morgan fingerprint density at radius 2 is 2.00 bits per heavy atom. The zero-order chi connectivity index (χ0) is 18.0. The Balaban J connectivity index is 1.87. The average molecular weight is 459 g/mol.